The van der Waals surface area contributed by atoms with Gasteiger partial charge < -0.3 is 21.0 Å². The standard InChI is InChI=1S/C15H17N5O4/c1-2-20-8-11(7-18-20)15(22)24-19-14(17)10-3-5-12(6-4-10)23-9-13(16)21/h3-8H,2,9H2,1H3,(H2,16,21)(H2,17,19). The summed E-state index contributed by atoms with van der Waals surface area (Å²) in [4.78, 5) is 27.2. The number of aromatic nitrogens is 2. The lowest BCUT2D eigenvalue weighted by molar-refractivity contribution is -0.119. The molecule has 0 unspecified atom stereocenters. The summed E-state index contributed by atoms with van der Waals surface area (Å²) >= 11 is 0. The van der Waals surface area contributed by atoms with Gasteiger partial charge in [0.1, 0.15) is 5.75 Å². The third-order valence-corrected chi connectivity index (χ3v) is 2.95. The lowest BCUT2D eigenvalue weighted by Gasteiger charge is -2.05. The first kappa shape index (κ1) is 17.0. The Morgan fingerprint density at radius 2 is 1.92 bits per heavy atom. The monoisotopic (exact) mass is 331 g/mol. The smallest absolute Gasteiger partial charge is 0.368 e. The average Bonchev–Trinajstić information content (AvgIpc) is 3.07. The minimum Gasteiger partial charge on any atom is -0.484 e. The zero-order valence-electron chi connectivity index (χ0n) is 13.0. The van der Waals surface area contributed by atoms with E-state index >= 15 is 0 Å². The van der Waals surface area contributed by atoms with E-state index in [9.17, 15) is 9.59 Å². The SMILES string of the molecule is CCn1cc(C(=O)O/N=C(\N)c2ccc(OCC(N)=O)cc2)cn1. The maximum Gasteiger partial charge on any atom is 0.368 e. The maximum absolute atomic E-state index is 11.8. The molecule has 0 aliphatic carbocycles. The summed E-state index contributed by atoms with van der Waals surface area (Å²) in [6, 6.07) is 6.40. The second-order valence-corrected chi connectivity index (χ2v) is 4.72. The van der Waals surface area contributed by atoms with E-state index in [1.54, 1.807) is 35.1 Å². The average molecular weight is 331 g/mol. The Morgan fingerprint density at radius 1 is 1.21 bits per heavy atom. The van der Waals surface area contributed by atoms with Gasteiger partial charge in [0.2, 0.25) is 0 Å². The van der Waals surface area contributed by atoms with Crippen LogP contribution < -0.4 is 16.2 Å². The van der Waals surface area contributed by atoms with Crippen molar-refractivity contribution in [1.29, 1.82) is 0 Å². The molecular formula is C15H17N5O4. The largest absolute Gasteiger partial charge is 0.484 e. The first-order valence-electron chi connectivity index (χ1n) is 7.08. The first-order chi connectivity index (χ1) is 11.5. The van der Waals surface area contributed by atoms with Gasteiger partial charge in [0.15, 0.2) is 12.4 Å². The van der Waals surface area contributed by atoms with Crippen LogP contribution in [0.5, 0.6) is 5.75 Å². The molecule has 0 radical (unpaired) electrons. The number of carbonyl (C=O) groups excluding carboxylic acids is 2. The molecule has 0 atom stereocenters. The van der Waals surface area contributed by atoms with Gasteiger partial charge in [-0.25, -0.2) is 4.79 Å². The molecule has 4 N–H and O–H groups in total. The van der Waals surface area contributed by atoms with E-state index in [0.717, 1.165) is 0 Å². The van der Waals surface area contributed by atoms with Crippen molar-refractivity contribution in [2.75, 3.05) is 6.61 Å². The fourth-order valence-electron chi connectivity index (χ4n) is 1.71. The van der Waals surface area contributed by atoms with Crippen molar-refractivity contribution < 1.29 is 19.2 Å². The van der Waals surface area contributed by atoms with Crippen LogP contribution in [0.2, 0.25) is 0 Å². The van der Waals surface area contributed by atoms with E-state index in [4.69, 9.17) is 21.0 Å². The third kappa shape index (κ3) is 4.57. The Morgan fingerprint density at radius 3 is 2.50 bits per heavy atom. The molecule has 0 saturated carbocycles. The zero-order valence-corrected chi connectivity index (χ0v) is 13.0. The van der Waals surface area contributed by atoms with Crippen LogP contribution in [0.25, 0.3) is 0 Å². The van der Waals surface area contributed by atoms with Crippen molar-refractivity contribution in [2.24, 2.45) is 16.6 Å². The summed E-state index contributed by atoms with van der Waals surface area (Å²) in [5, 5.41) is 7.57. The fraction of sp³-hybridized carbons (Fsp3) is 0.200. The number of aryl methyl sites for hydroxylation is 1. The quantitative estimate of drug-likeness (QED) is 0.323. The van der Waals surface area contributed by atoms with Crippen LogP contribution in [0.15, 0.2) is 41.8 Å². The number of primary amides is 1. The van der Waals surface area contributed by atoms with Gasteiger partial charge in [-0.05, 0) is 31.2 Å². The van der Waals surface area contributed by atoms with Crippen LogP contribution in [0, 0.1) is 0 Å². The van der Waals surface area contributed by atoms with E-state index in [2.05, 4.69) is 10.3 Å². The van der Waals surface area contributed by atoms with E-state index in [1.807, 2.05) is 6.92 Å². The number of oxime groups is 1. The zero-order chi connectivity index (χ0) is 17.5. The molecule has 9 nitrogen and oxygen atoms in total. The van der Waals surface area contributed by atoms with Crippen LogP contribution in [0.3, 0.4) is 0 Å². The third-order valence-electron chi connectivity index (χ3n) is 2.95. The molecule has 0 saturated heterocycles. The number of ether oxygens (including phenoxy) is 1. The molecular weight excluding hydrogens is 314 g/mol. The van der Waals surface area contributed by atoms with Gasteiger partial charge in [0, 0.05) is 18.3 Å². The molecule has 0 aliphatic heterocycles. The first-order valence-corrected chi connectivity index (χ1v) is 7.08. The molecule has 9 heteroatoms. The Kier molecular flexibility index (Phi) is 5.50. The summed E-state index contributed by atoms with van der Waals surface area (Å²) in [5.74, 6) is -0.750. The van der Waals surface area contributed by atoms with Crippen LogP contribution >= 0.6 is 0 Å². The van der Waals surface area contributed by atoms with Gasteiger partial charge in [-0.3, -0.25) is 9.48 Å². The summed E-state index contributed by atoms with van der Waals surface area (Å²) < 4.78 is 6.71. The molecule has 0 aliphatic rings. The summed E-state index contributed by atoms with van der Waals surface area (Å²) in [5.41, 5.74) is 11.6. The number of hydrogen-bond acceptors (Lipinski definition) is 6. The number of nitrogens with zero attached hydrogens (tertiary/aromatic N) is 3. The van der Waals surface area contributed by atoms with Crippen molar-refractivity contribution in [1.82, 2.24) is 9.78 Å². The molecule has 1 aromatic carbocycles. The van der Waals surface area contributed by atoms with Gasteiger partial charge in [-0.15, -0.1) is 0 Å². The van der Waals surface area contributed by atoms with Gasteiger partial charge in [-0.1, -0.05) is 5.16 Å². The lowest BCUT2D eigenvalue weighted by Crippen LogP contribution is -2.20. The number of rotatable bonds is 7. The fourth-order valence-corrected chi connectivity index (χ4v) is 1.71. The maximum atomic E-state index is 11.8. The molecule has 24 heavy (non-hydrogen) atoms. The van der Waals surface area contributed by atoms with Crippen molar-refractivity contribution in [3.8, 4) is 5.75 Å². The van der Waals surface area contributed by atoms with Gasteiger partial charge in [0.25, 0.3) is 5.91 Å². The summed E-state index contributed by atoms with van der Waals surface area (Å²) in [6.07, 6.45) is 2.95. The molecule has 2 aromatic rings. The van der Waals surface area contributed by atoms with E-state index in [1.165, 1.54) is 6.20 Å². The highest BCUT2D eigenvalue weighted by atomic mass is 16.7. The Bertz CT molecular complexity index is 751. The number of amides is 1. The molecule has 126 valence electrons. The molecule has 0 fully saturated rings. The Balaban J connectivity index is 1.97. The molecule has 1 amide bonds. The van der Waals surface area contributed by atoms with Crippen molar-refractivity contribution in [2.45, 2.75) is 13.5 Å². The van der Waals surface area contributed by atoms with Gasteiger partial charge in [-0.2, -0.15) is 5.10 Å². The minimum absolute atomic E-state index is 0.0210. The highest BCUT2D eigenvalue weighted by Gasteiger charge is 2.10. The van der Waals surface area contributed by atoms with E-state index in [0.29, 0.717) is 17.9 Å². The topological polar surface area (TPSA) is 135 Å². The number of nitrogens with two attached hydrogens (primary N) is 2. The Labute approximate surface area is 137 Å². The highest BCUT2D eigenvalue weighted by Crippen LogP contribution is 2.12. The van der Waals surface area contributed by atoms with Crippen LogP contribution in [0.4, 0.5) is 0 Å². The molecule has 0 spiro atoms. The molecule has 1 heterocycles. The highest BCUT2D eigenvalue weighted by molar-refractivity contribution is 5.98. The predicted molar refractivity (Wildman–Crippen MR) is 85.2 cm³/mol. The van der Waals surface area contributed by atoms with E-state index in [-0.39, 0.29) is 18.0 Å². The van der Waals surface area contributed by atoms with Crippen LogP contribution in [-0.4, -0.2) is 34.1 Å². The second-order valence-electron chi connectivity index (χ2n) is 4.72. The number of benzene rings is 1. The number of hydrogen-bond donors (Lipinski definition) is 2. The minimum atomic E-state index is -0.654. The van der Waals surface area contributed by atoms with Crippen molar-refractivity contribution in [3.63, 3.8) is 0 Å². The number of amidine groups is 1. The molecule has 1 aromatic heterocycles. The van der Waals surface area contributed by atoms with Gasteiger partial charge >= 0.3 is 5.97 Å². The molecule has 2 rings (SSSR count). The normalized spacial score (nSPS) is 11.1. The van der Waals surface area contributed by atoms with Crippen LogP contribution in [-0.2, 0) is 16.2 Å². The van der Waals surface area contributed by atoms with Crippen molar-refractivity contribution >= 4 is 17.7 Å². The van der Waals surface area contributed by atoms with Crippen LogP contribution in [0.1, 0.15) is 22.8 Å². The summed E-state index contributed by atoms with van der Waals surface area (Å²) in [7, 11) is 0. The Hall–Kier alpha value is -3.36. The molecule has 0 bridgehead atoms. The summed E-state index contributed by atoms with van der Waals surface area (Å²) in [6.45, 7) is 2.32. The lowest BCUT2D eigenvalue weighted by atomic mass is 10.2. The number of carbonyl (C=O) groups is 2. The van der Waals surface area contributed by atoms with E-state index < -0.39 is 11.9 Å². The van der Waals surface area contributed by atoms with Crippen molar-refractivity contribution in [3.05, 3.63) is 47.8 Å². The van der Waals surface area contributed by atoms with Gasteiger partial charge in [0.05, 0.1) is 11.8 Å². The second kappa shape index (κ2) is 7.77. The predicted octanol–water partition coefficient (Wildman–Crippen LogP) is 0.244.